The number of hydrogen-bond acceptors (Lipinski definition) is 5. The summed E-state index contributed by atoms with van der Waals surface area (Å²) >= 11 is 0. The average Bonchev–Trinajstić information content (AvgIpc) is 3.32. The molecule has 0 fully saturated rings. The second-order valence-corrected chi connectivity index (χ2v) is 13.9. The number of amides is 1. The highest BCUT2D eigenvalue weighted by Crippen LogP contribution is 2.48. The Bertz CT molecular complexity index is 1820. The summed E-state index contributed by atoms with van der Waals surface area (Å²) in [6.45, 7) is 9.70. The molecule has 0 radical (unpaired) electrons. The third-order valence-corrected chi connectivity index (χ3v) is 8.79. The van der Waals surface area contributed by atoms with Crippen molar-refractivity contribution in [3.63, 3.8) is 0 Å². The second kappa shape index (κ2) is 11.2. The fraction of sp³-hybridized carbons (Fsp3) is 0.333. The number of sulfonamides is 1. The van der Waals surface area contributed by atoms with Gasteiger partial charge < -0.3 is 19.7 Å². The smallest absolute Gasteiger partial charge is 0.337 e. The summed E-state index contributed by atoms with van der Waals surface area (Å²) < 4.78 is 35.5. The Balaban J connectivity index is 1.85. The molecule has 2 N–H and O–H groups in total. The zero-order valence-corrected chi connectivity index (χ0v) is 26.1. The molecule has 3 aromatic carbocycles. The first kappa shape index (κ1) is 30.3. The number of ether oxygens (including phenoxy) is 1. The van der Waals surface area contributed by atoms with Gasteiger partial charge in [-0.15, -0.1) is 0 Å². The third kappa shape index (κ3) is 5.89. The molecule has 4 aromatic rings. The van der Waals surface area contributed by atoms with E-state index < -0.39 is 27.7 Å². The fourth-order valence-electron chi connectivity index (χ4n) is 5.81. The highest BCUT2D eigenvalue weighted by atomic mass is 32.2. The fourth-order valence-corrected chi connectivity index (χ4v) is 6.77. The van der Waals surface area contributed by atoms with Gasteiger partial charge >= 0.3 is 5.97 Å². The molecular weight excluding hydrogens is 566 g/mol. The van der Waals surface area contributed by atoms with E-state index in [0.29, 0.717) is 45.5 Å². The zero-order chi connectivity index (χ0) is 31.3. The van der Waals surface area contributed by atoms with E-state index >= 15 is 0 Å². The Hall–Kier alpha value is -4.15. The van der Waals surface area contributed by atoms with Gasteiger partial charge in [0.1, 0.15) is 5.69 Å². The van der Waals surface area contributed by atoms with Crippen molar-refractivity contribution in [3.05, 3.63) is 88.6 Å². The number of aryl methyl sites for hydroxylation is 1. The maximum atomic E-state index is 13.7. The van der Waals surface area contributed by atoms with E-state index in [0.717, 1.165) is 22.9 Å². The number of nitrogens with one attached hydrogen (secondary N) is 1. The number of carbonyl (C=O) groups excluding carboxylic acids is 1. The van der Waals surface area contributed by atoms with Crippen LogP contribution in [0.1, 0.15) is 59.6 Å². The van der Waals surface area contributed by atoms with E-state index in [9.17, 15) is 23.1 Å². The lowest BCUT2D eigenvalue weighted by atomic mass is 9.87. The quantitative estimate of drug-likeness (QED) is 0.272. The maximum absolute atomic E-state index is 13.7. The molecule has 1 atom stereocenters. The molecule has 0 unspecified atom stereocenters. The van der Waals surface area contributed by atoms with Crippen molar-refractivity contribution in [3.8, 4) is 11.1 Å². The van der Waals surface area contributed by atoms with Crippen LogP contribution in [0.2, 0.25) is 0 Å². The van der Waals surface area contributed by atoms with Crippen molar-refractivity contribution >= 4 is 38.5 Å². The maximum Gasteiger partial charge on any atom is 0.337 e. The van der Waals surface area contributed by atoms with Crippen LogP contribution in [0.15, 0.2) is 60.7 Å². The van der Waals surface area contributed by atoms with Gasteiger partial charge in [-0.25, -0.2) is 13.2 Å². The van der Waals surface area contributed by atoms with E-state index in [-0.39, 0.29) is 19.0 Å². The predicted molar refractivity (Wildman–Crippen MR) is 168 cm³/mol. The first-order chi connectivity index (χ1) is 20.2. The topological polar surface area (TPSA) is 118 Å². The SMILES string of the molecule is Cc1ccc(-c2c([C@H](OC(C)(C)C)C(=O)O)c(C)c3c4c2cc(C(=O)NCc2ccccc2)n4CCN3S(C)(=O)=O)cc1. The molecule has 2 heterocycles. The van der Waals surface area contributed by atoms with Gasteiger partial charge in [-0.2, -0.15) is 0 Å². The number of hydrogen-bond donors (Lipinski definition) is 2. The minimum Gasteiger partial charge on any atom is -0.479 e. The normalized spacial score (nSPS) is 14.1. The summed E-state index contributed by atoms with van der Waals surface area (Å²) in [4.78, 5) is 26.6. The summed E-state index contributed by atoms with van der Waals surface area (Å²) in [6.07, 6.45) is -0.267. The molecule has 9 nitrogen and oxygen atoms in total. The lowest BCUT2D eigenvalue weighted by Crippen LogP contribution is -2.38. The van der Waals surface area contributed by atoms with Gasteiger partial charge in [0, 0.05) is 24.0 Å². The Morgan fingerprint density at radius 3 is 2.26 bits per heavy atom. The van der Waals surface area contributed by atoms with Crippen LogP contribution in [-0.2, 0) is 32.6 Å². The number of rotatable bonds is 8. The van der Waals surface area contributed by atoms with E-state index in [1.165, 1.54) is 4.31 Å². The van der Waals surface area contributed by atoms with Crippen LogP contribution in [0, 0.1) is 13.8 Å². The number of aliphatic carboxylic acids is 1. The van der Waals surface area contributed by atoms with Gasteiger partial charge in [-0.05, 0) is 62.9 Å². The summed E-state index contributed by atoms with van der Waals surface area (Å²) in [6, 6.07) is 19.0. The van der Waals surface area contributed by atoms with Crippen molar-refractivity contribution in [2.75, 3.05) is 17.1 Å². The van der Waals surface area contributed by atoms with Crippen molar-refractivity contribution in [1.82, 2.24) is 9.88 Å². The molecule has 1 aliphatic rings. The van der Waals surface area contributed by atoms with Crippen LogP contribution in [0.25, 0.3) is 22.0 Å². The Kier molecular flexibility index (Phi) is 7.87. The van der Waals surface area contributed by atoms with E-state index in [1.807, 2.05) is 66.1 Å². The largest absolute Gasteiger partial charge is 0.479 e. The monoisotopic (exact) mass is 603 g/mol. The van der Waals surface area contributed by atoms with Gasteiger partial charge in [-0.3, -0.25) is 9.10 Å². The Morgan fingerprint density at radius 1 is 1.02 bits per heavy atom. The van der Waals surface area contributed by atoms with Crippen LogP contribution in [0.5, 0.6) is 0 Å². The lowest BCUT2D eigenvalue weighted by Gasteiger charge is -2.34. The summed E-state index contributed by atoms with van der Waals surface area (Å²) in [5, 5.41) is 14.1. The average molecular weight is 604 g/mol. The number of anilines is 1. The highest BCUT2D eigenvalue weighted by molar-refractivity contribution is 7.92. The van der Waals surface area contributed by atoms with Gasteiger partial charge in [0.25, 0.3) is 5.91 Å². The number of carbonyl (C=O) groups is 2. The molecule has 1 amide bonds. The van der Waals surface area contributed by atoms with E-state index in [2.05, 4.69) is 5.32 Å². The third-order valence-electron chi connectivity index (χ3n) is 7.62. The molecule has 1 aliphatic heterocycles. The molecule has 0 saturated heterocycles. The molecular formula is C33H37N3O6S. The van der Waals surface area contributed by atoms with Crippen LogP contribution in [-0.4, -0.2) is 48.4 Å². The molecule has 1 aromatic heterocycles. The molecule has 0 aliphatic carbocycles. The van der Waals surface area contributed by atoms with Crippen molar-refractivity contribution in [2.45, 2.75) is 59.4 Å². The van der Waals surface area contributed by atoms with Gasteiger partial charge in [0.2, 0.25) is 10.0 Å². The number of aromatic nitrogens is 1. The molecule has 10 heteroatoms. The van der Waals surface area contributed by atoms with Crippen LogP contribution >= 0.6 is 0 Å². The second-order valence-electron chi connectivity index (χ2n) is 12.0. The minimum atomic E-state index is -3.74. The van der Waals surface area contributed by atoms with Crippen LogP contribution in [0.4, 0.5) is 5.69 Å². The molecule has 0 bridgehead atoms. The van der Waals surface area contributed by atoms with Gasteiger partial charge in [0.15, 0.2) is 6.10 Å². The van der Waals surface area contributed by atoms with Gasteiger partial charge in [-0.1, -0.05) is 60.2 Å². The molecule has 43 heavy (non-hydrogen) atoms. The summed E-state index contributed by atoms with van der Waals surface area (Å²) in [5.41, 5.74) is 4.61. The predicted octanol–water partition coefficient (Wildman–Crippen LogP) is 5.58. The molecule has 0 saturated carbocycles. The van der Waals surface area contributed by atoms with Crippen LogP contribution < -0.4 is 9.62 Å². The number of carboxylic acids is 1. The lowest BCUT2D eigenvalue weighted by molar-refractivity contribution is -0.160. The number of benzene rings is 3. The number of nitrogens with zero attached hydrogens (tertiary/aromatic N) is 2. The Labute approximate surface area is 252 Å². The van der Waals surface area contributed by atoms with Crippen molar-refractivity contribution in [2.24, 2.45) is 0 Å². The summed E-state index contributed by atoms with van der Waals surface area (Å²) in [5.74, 6) is -1.51. The van der Waals surface area contributed by atoms with Crippen molar-refractivity contribution < 1.29 is 27.9 Å². The molecule has 0 spiro atoms. The minimum absolute atomic E-state index is 0.0939. The first-order valence-electron chi connectivity index (χ1n) is 14.1. The van der Waals surface area contributed by atoms with Crippen molar-refractivity contribution in [1.29, 1.82) is 0 Å². The molecule has 5 rings (SSSR count). The van der Waals surface area contributed by atoms with E-state index in [4.69, 9.17) is 4.74 Å². The van der Waals surface area contributed by atoms with Crippen LogP contribution in [0.3, 0.4) is 0 Å². The van der Waals surface area contributed by atoms with E-state index in [1.54, 1.807) is 33.8 Å². The number of carboxylic acid groups (broad SMARTS) is 1. The summed E-state index contributed by atoms with van der Waals surface area (Å²) in [7, 11) is -3.74. The van der Waals surface area contributed by atoms with Gasteiger partial charge in [0.05, 0.1) is 29.6 Å². The standard InChI is InChI=1S/C33H37N3O6S/c1-20-12-14-23(15-13-20)27-24-18-25(31(37)34-19-22-10-8-7-9-11-22)35-16-17-36(43(6,40)41)28(29(24)35)21(2)26(27)30(32(38)39)42-33(3,4)5/h7-15,18,30H,16-17,19H2,1-6H3,(H,34,37)(H,38,39)/t30-/m0/s1. The highest BCUT2D eigenvalue weighted by Gasteiger charge is 2.38. The Morgan fingerprint density at radius 2 is 1.67 bits per heavy atom. The molecule has 226 valence electrons. The zero-order valence-electron chi connectivity index (χ0n) is 25.3. The first-order valence-corrected chi connectivity index (χ1v) is 16.0.